The van der Waals surface area contributed by atoms with Gasteiger partial charge in [-0.15, -0.1) is 11.8 Å². The van der Waals surface area contributed by atoms with E-state index in [9.17, 15) is 18.3 Å². The van der Waals surface area contributed by atoms with Crippen LogP contribution in [0.5, 0.6) is 0 Å². The molecule has 0 bridgehead atoms. The highest BCUT2D eigenvalue weighted by molar-refractivity contribution is 7.99. The van der Waals surface area contributed by atoms with Crippen molar-refractivity contribution in [3.05, 3.63) is 59.4 Å². The fourth-order valence-corrected chi connectivity index (χ4v) is 2.64. The topological polar surface area (TPSA) is 33.1 Å². The molecule has 0 aliphatic rings. The fourth-order valence-electron chi connectivity index (χ4n) is 1.98. The molecule has 1 N–H and O–H groups in total. The van der Waals surface area contributed by atoms with Gasteiger partial charge in [0.15, 0.2) is 0 Å². The third-order valence-electron chi connectivity index (χ3n) is 2.96. The van der Waals surface area contributed by atoms with Crippen LogP contribution in [0.1, 0.15) is 29.7 Å². The maximum Gasteiger partial charge on any atom is 0.416 e. The van der Waals surface area contributed by atoms with Crippen LogP contribution in [0.3, 0.4) is 0 Å². The quantitative estimate of drug-likeness (QED) is 0.855. The lowest BCUT2D eigenvalue weighted by molar-refractivity contribution is -0.139. The second-order valence-corrected chi connectivity index (χ2v) is 5.70. The number of hydrogen-bond donors (Lipinski definition) is 1. The van der Waals surface area contributed by atoms with Crippen molar-refractivity contribution in [2.45, 2.75) is 24.1 Å². The van der Waals surface area contributed by atoms with E-state index >= 15 is 0 Å². The average Bonchev–Trinajstić information content (AvgIpc) is 2.47. The Hall–Kier alpha value is -1.53. The molecule has 2 aromatic rings. The molecule has 1 unspecified atom stereocenters. The summed E-state index contributed by atoms with van der Waals surface area (Å²) in [5.41, 5.74) is -0.688. The van der Waals surface area contributed by atoms with Gasteiger partial charge in [0.25, 0.3) is 0 Å². The highest BCUT2D eigenvalue weighted by Gasteiger charge is 2.35. The van der Waals surface area contributed by atoms with Gasteiger partial charge in [-0.3, -0.25) is 4.98 Å². The fraction of sp³-hybridized carbons (Fsp3) is 0.267. The Morgan fingerprint density at radius 2 is 1.86 bits per heavy atom. The molecule has 1 aromatic carbocycles. The molecule has 6 heteroatoms. The van der Waals surface area contributed by atoms with Gasteiger partial charge in [-0.25, -0.2) is 0 Å². The predicted molar refractivity (Wildman–Crippen MR) is 76.1 cm³/mol. The van der Waals surface area contributed by atoms with Gasteiger partial charge in [-0.05, 0) is 29.5 Å². The van der Waals surface area contributed by atoms with Crippen molar-refractivity contribution in [2.24, 2.45) is 0 Å². The van der Waals surface area contributed by atoms with Gasteiger partial charge < -0.3 is 5.11 Å². The molecule has 0 aliphatic carbocycles. The Bertz CT molecular complexity index is 599. The highest BCUT2D eigenvalue weighted by Crippen LogP contribution is 2.36. The maximum atomic E-state index is 12.9. The van der Waals surface area contributed by atoms with Gasteiger partial charge in [0.1, 0.15) is 6.10 Å². The zero-order valence-electron chi connectivity index (χ0n) is 11.3. The Morgan fingerprint density at radius 1 is 1.19 bits per heavy atom. The molecule has 0 saturated carbocycles. The molecule has 0 fully saturated rings. The van der Waals surface area contributed by atoms with Gasteiger partial charge >= 0.3 is 6.18 Å². The van der Waals surface area contributed by atoms with E-state index in [0.29, 0.717) is 5.56 Å². The third-order valence-corrected chi connectivity index (χ3v) is 3.85. The van der Waals surface area contributed by atoms with Crippen LogP contribution < -0.4 is 0 Å². The zero-order valence-corrected chi connectivity index (χ0v) is 12.1. The number of nitrogens with zero attached hydrogens (tertiary/aromatic N) is 1. The average molecular weight is 313 g/mol. The number of halogens is 3. The molecule has 2 rings (SSSR count). The highest BCUT2D eigenvalue weighted by atomic mass is 32.2. The lowest BCUT2D eigenvalue weighted by Crippen LogP contribution is -2.13. The van der Waals surface area contributed by atoms with E-state index in [1.54, 1.807) is 36.0 Å². The van der Waals surface area contributed by atoms with Crippen molar-refractivity contribution in [3.63, 3.8) is 0 Å². The van der Waals surface area contributed by atoms with Crippen LogP contribution in [0.4, 0.5) is 13.2 Å². The molecule has 1 atom stereocenters. The number of pyridine rings is 1. The van der Waals surface area contributed by atoms with Crippen LogP contribution in [0.15, 0.2) is 47.6 Å². The molecule has 0 aliphatic heterocycles. The predicted octanol–water partition coefficient (Wildman–Crippen LogP) is 4.29. The van der Waals surface area contributed by atoms with E-state index < -0.39 is 17.8 Å². The smallest absolute Gasteiger partial charge is 0.384 e. The summed E-state index contributed by atoms with van der Waals surface area (Å²) in [5, 5.41) is 10.2. The van der Waals surface area contributed by atoms with Crippen molar-refractivity contribution in [3.8, 4) is 0 Å². The van der Waals surface area contributed by atoms with E-state index in [2.05, 4.69) is 4.98 Å². The van der Waals surface area contributed by atoms with Crippen LogP contribution >= 0.6 is 11.8 Å². The number of thioether (sulfide) groups is 1. The van der Waals surface area contributed by atoms with Crippen LogP contribution in [0.25, 0.3) is 0 Å². The number of aliphatic hydroxyl groups excluding tert-OH is 1. The number of aliphatic hydroxyl groups is 1. The van der Waals surface area contributed by atoms with E-state index in [1.165, 1.54) is 0 Å². The molecular formula is C15H14F3NOS. The van der Waals surface area contributed by atoms with Crippen LogP contribution in [-0.2, 0) is 6.18 Å². The molecular weight excluding hydrogens is 299 g/mol. The minimum absolute atomic E-state index is 0.235. The molecule has 1 heterocycles. The molecule has 0 radical (unpaired) electrons. The standard InChI is InChI=1S/C15H14F3NOS/c1-2-21-11-5-3-10(4-6-11)14(20)12-9-19-8-7-13(12)15(16,17)18/h3-9,14,20H,2H2,1H3. The minimum atomic E-state index is -4.52. The van der Waals surface area contributed by atoms with E-state index in [4.69, 9.17) is 0 Å². The Kier molecular flexibility index (Phi) is 4.90. The Balaban J connectivity index is 2.34. The number of rotatable bonds is 4. The number of aromatic nitrogens is 1. The van der Waals surface area contributed by atoms with E-state index in [1.807, 2.05) is 6.92 Å². The normalized spacial score (nSPS) is 13.2. The van der Waals surface area contributed by atoms with Gasteiger partial charge in [-0.1, -0.05) is 19.1 Å². The summed E-state index contributed by atoms with van der Waals surface area (Å²) in [4.78, 5) is 4.70. The van der Waals surface area contributed by atoms with Gasteiger partial charge in [0.2, 0.25) is 0 Å². The molecule has 1 aromatic heterocycles. The summed E-state index contributed by atoms with van der Waals surface area (Å²) in [7, 11) is 0. The molecule has 0 amide bonds. The first kappa shape index (κ1) is 15.9. The van der Waals surface area contributed by atoms with Gasteiger partial charge in [-0.2, -0.15) is 13.2 Å². The Labute approximate surface area is 125 Å². The van der Waals surface area contributed by atoms with Crippen LogP contribution in [-0.4, -0.2) is 15.8 Å². The molecule has 112 valence electrons. The van der Waals surface area contributed by atoms with Crippen LogP contribution in [0.2, 0.25) is 0 Å². The minimum Gasteiger partial charge on any atom is -0.384 e. The lowest BCUT2D eigenvalue weighted by atomic mass is 9.98. The first-order chi connectivity index (χ1) is 9.93. The van der Waals surface area contributed by atoms with Crippen molar-refractivity contribution < 1.29 is 18.3 Å². The van der Waals surface area contributed by atoms with Gasteiger partial charge in [0.05, 0.1) is 5.56 Å². The van der Waals surface area contributed by atoms with Crippen molar-refractivity contribution in [1.29, 1.82) is 0 Å². The van der Waals surface area contributed by atoms with E-state index in [0.717, 1.165) is 29.1 Å². The van der Waals surface area contributed by atoms with Gasteiger partial charge in [0, 0.05) is 22.9 Å². The zero-order chi connectivity index (χ0) is 15.5. The molecule has 21 heavy (non-hydrogen) atoms. The SMILES string of the molecule is CCSc1ccc(C(O)c2cnccc2C(F)(F)F)cc1. The number of alkyl halides is 3. The third kappa shape index (κ3) is 3.77. The lowest BCUT2D eigenvalue weighted by Gasteiger charge is -2.17. The van der Waals surface area contributed by atoms with Crippen LogP contribution in [0, 0.1) is 0 Å². The summed E-state index contributed by atoms with van der Waals surface area (Å²) in [5.74, 6) is 0.905. The second-order valence-electron chi connectivity index (χ2n) is 4.37. The maximum absolute atomic E-state index is 12.9. The Morgan fingerprint density at radius 3 is 2.43 bits per heavy atom. The monoisotopic (exact) mass is 313 g/mol. The van der Waals surface area contributed by atoms with Crippen molar-refractivity contribution in [1.82, 2.24) is 4.98 Å². The summed E-state index contributed by atoms with van der Waals surface area (Å²) in [6.45, 7) is 2.01. The molecule has 0 saturated heterocycles. The summed E-state index contributed by atoms with van der Waals surface area (Å²) in [6, 6.07) is 7.72. The van der Waals surface area contributed by atoms with Crippen molar-refractivity contribution in [2.75, 3.05) is 5.75 Å². The largest absolute Gasteiger partial charge is 0.416 e. The summed E-state index contributed by atoms with van der Waals surface area (Å²) < 4.78 is 38.8. The summed E-state index contributed by atoms with van der Waals surface area (Å²) >= 11 is 1.62. The van der Waals surface area contributed by atoms with Crippen molar-refractivity contribution >= 4 is 11.8 Å². The summed E-state index contributed by atoms with van der Waals surface area (Å²) in [6.07, 6.45) is -3.74. The molecule has 0 spiro atoms. The second kappa shape index (κ2) is 6.49. The first-order valence-corrected chi connectivity index (χ1v) is 7.34. The van der Waals surface area contributed by atoms with E-state index in [-0.39, 0.29) is 5.56 Å². The number of hydrogen-bond acceptors (Lipinski definition) is 3. The first-order valence-electron chi connectivity index (χ1n) is 6.35. The number of benzene rings is 1. The molecule has 2 nitrogen and oxygen atoms in total.